The first kappa shape index (κ1) is 11.0. The second-order valence-electron chi connectivity index (χ2n) is 3.94. The fourth-order valence-electron chi connectivity index (χ4n) is 2.09. The van der Waals surface area contributed by atoms with Crippen molar-refractivity contribution >= 4 is 15.9 Å². The van der Waals surface area contributed by atoms with Crippen molar-refractivity contribution in [3.63, 3.8) is 0 Å². The molecule has 0 heterocycles. The molecule has 1 saturated carbocycles. The van der Waals surface area contributed by atoms with E-state index in [1.165, 1.54) is 12.8 Å². The van der Waals surface area contributed by atoms with Gasteiger partial charge in [0.2, 0.25) is 0 Å². The zero-order valence-electron chi connectivity index (χ0n) is 8.87. The summed E-state index contributed by atoms with van der Waals surface area (Å²) in [4.78, 5) is 0. The molecule has 1 aromatic carbocycles. The lowest BCUT2D eigenvalue weighted by Gasteiger charge is -2.20. The van der Waals surface area contributed by atoms with Crippen molar-refractivity contribution in [1.82, 2.24) is 5.32 Å². The molecule has 15 heavy (non-hydrogen) atoms. The maximum absolute atomic E-state index is 5.95. The normalized spacial score (nSPS) is 25.5. The van der Waals surface area contributed by atoms with Crippen LogP contribution in [-0.4, -0.2) is 19.2 Å². The smallest absolute Gasteiger partial charge is 0.119 e. The molecule has 2 unspecified atom stereocenters. The zero-order chi connectivity index (χ0) is 10.7. The molecule has 0 radical (unpaired) electrons. The molecule has 2 rings (SSSR count). The van der Waals surface area contributed by atoms with Crippen LogP contribution in [0.2, 0.25) is 0 Å². The molecule has 0 spiro atoms. The summed E-state index contributed by atoms with van der Waals surface area (Å²) in [6.07, 6.45) is 3.96. The standard InChI is InChI=1S/C12H16BrNO/c1-14-11-3-2-4-12(11)15-10-7-5-9(13)6-8-10/h5-8,11-12,14H,2-4H2,1H3. The van der Waals surface area contributed by atoms with E-state index in [0.29, 0.717) is 12.1 Å². The Balaban J connectivity index is 1.99. The van der Waals surface area contributed by atoms with E-state index in [0.717, 1.165) is 16.6 Å². The topological polar surface area (TPSA) is 21.3 Å². The number of likely N-dealkylation sites (N-methyl/N-ethyl adjacent to an activating group) is 1. The van der Waals surface area contributed by atoms with Crippen LogP contribution in [0.4, 0.5) is 0 Å². The van der Waals surface area contributed by atoms with E-state index in [1.54, 1.807) is 0 Å². The number of hydrogen-bond acceptors (Lipinski definition) is 2. The van der Waals surface area contributed by atoms with Gasteiger partial charge in [-0.1, -0.05) is 15.9 Å². The van der Waals surface area contributed by atoms with E-state index in [-0.39, 0.29) is 0 Å². The van der Waals surface area contributed by atoms with Crippen LogP contribution < -0.4 is 10.1 Å². The summed E-state index contributed by atoms with van der Waals surface area (Å²) in [5, 5.41) is 3.31. The lowest BCUT2D eigenvalue weighted by Crippen LogP contribution is -2.36. The number of hydrogen-bond donors (Lipinski definition) is 1. The lowest BCUT2D eigenvalue weighted by atomic mass is 10.2. The molecule has 2 nitrogen and oxygen atoms in total. The van der Waals surface area contributed by atoms with Crippen LogP contribution in [0.1, 0.15) is 19.3 Å². The average Bonchev–Trinajstić information content (AvgIpc) is 2.69. The molecule has 1 aliphatic carbocycles. The minimum absolute atomic E-state index is 0.330. The van der Waals surface area contributed by atoms with Crippen molar-refractivity contribution < 1.29 is 4.74 Å². The van der Waals surface area contributed by atoms with E-state index in [9.17, 15) is 0 Å². The van der Waals surface area contributed by atoms with Gasteiger partial charge < -0.3 is 10.1 Å². The first-order chi connectivity index (χ1) is 7.29. The minimum atomic E-state index is 0.330. The molecule has 0 bridgehead atoms. The molecule has 2 atom stereocenters. The summed E-state index contributed by atoms with van der Waals surface area (Å²) in [5.74, 6) is 0.963. The van der Waals surface area contributed by atoms with E-state index < -0.39 is 0 Å². The summed E-state index contributed by atoms with van der Waals surface area (Å²) in [6.45, 7) is 0. The second kappa shape index (κ2) is 4.99. The maximum Gasteiger partial charge on any atom is 0.119 e. The van der Waals surface area contributed by atoms with E-state index in [2.05, 4.69) is 21.2 Å². The fraction of sp³-hybridized carbons (Fsp3) is 0.500. The molecule has 82 valence electrons. The lowest BCUT2D eigenvalue weighted by molar-refractivity contribution is 0.179. The summed E-state index contributed by atoms with van der Waals surface area (Å²) in [6, 6.07) is 8.55. The predicted molar refractivity (Wildman–Crippen MR) is 65.3 cm³/mol. The van der Waals surface area contributed by atoms with Gasteiger partial charge >= 0.3 is 0 Å². The average molecular weight is 270 g/mol. The highest BCUT2D eigenvalue weighted by atomic mass is 79.9. The second-order valence-corrected chi connectivity index (χ2v) is 4.85. The summed E-state index contributed by atoms with van der Waals surface area (Å²) >= 11 is 3.42. The molecule has 0 aliphatic heterocycles. The summed E-state index contributed by atoms with van der Waals surface area (Å²) in [7, 11) is 2.01. The Labute approximate surface area is 99.1 Å². The highest BCUT2D eigenvalue weighted by molar-refractivity contribution is 9.10. The predicted octanol–water partition coefficient (Wildman–Crippen LogP) is 2.97. The highest BCUT2D eigenvalue weighted by Crippen LogP contribution is 2.25. The first-order valence-electron chi connectivity index (χ1n) is 5.39. The van der Waals surface area contributed by atoms with Crippen LogP contribution in [0.15, 0.2) is 28.7 Å². The van der Waals surface area contributed by atoms with Gasteiger partial charge in [-0.15, -0.1) is 0 Å². The molecule has 1 aromatic rings. The van der Waals surface area contributed by atoms with E-state index in [1.807, 2.05) is 31.3 Å². The van der Waals surface area contributed by atoms with Crippen LogP contribution in [-0.2, 0) is 0 Å². The molecule has 0 saturated heterocycles. The Morgan fingerprint density at radius 1 is 1.27 bits per heavy atom. The van der Waals surface area contributed by atoms with Gasteiger partial charge in [0, 0.05) is 10.5 Å². The monoisotopic (exact) mass is 269 g/mol. The Morgan fingerprint density at radius 3 is 2.67 bits per heavy atom. The quantitative estimate of drug-likeness (QED) is 0.911. The van der Waals surface area contributed by atoms with Crippen molar-refractivity contribution in [1.29, 1.82) is 0 Å². The Hall–Kier alpha value is -0.540. The van der Waals surface area contributed by atoms with Crippen molar-refractivity contribution in [2.45, 2.75) is 31.4 Å². The Kier molecular flexibility index (Phi) is 3.65. The number of benzene rings is 1. The third-order valence-corrected chi connectivity index (χ3v) is 3.45. The van der Waals surface area contributed by atoms with Crippen LogP contribution in [0.25, 0.3) is 0 Å². The van der Waals surface area contributed by atoms with E-state index >= 15 is 0 Å². The number of halogens is 1. The Morgan fingerprint density at radius 2 is 2.00 bits per heavy atom. The van der Waals surface area contributed by atoms with Gasteiger partial charge in [0.1, 0.15) is 11.9 Å². The van der Waals surface area contributed by atoms with Crippen molar-refractivity contribution in [3.05, 3.63) is 28.7 Å². The van der Waals surface area contributed by atoms with Crippen molar-refractivity contribution in [2.75, 3.05) is 7.05 Å². The van der Waals surface area contributed by atoms with Crippen LogP contribution in [0, 0.1) is 0 Å². The molecular formula is C12H16BrNO. The molecule has 1 aliphatic rings. The van der Waals surface area contributed by atoms with Crippen LogP contribution in [0.3, 0.4) is 0 Å². The number of nitrogens with one attached hydrogen (secondary N) is 1. The maximum atomic E-state index is 5.95. The van der Waals surface area contributed by atoms with Gasteiger partial charge in [-0.3, -0.25) is 0 Å². The number of rotatable bonds is 3. The van der Waals surface area contributed by atoms with Gasteiger partial charge in [-0.05, 0) is 50.6 Å². The zero-order valence-corrected chi connectivity index (χ0v) is 10.5. The molecule has 1 fully saturated rings. The summed E-state index contributed by atoms with van der Waals surface area (Å²) < 4.78 is 7.04. The van der Waals surface area contributed by atoms with Crippen LogP contribution in [0.5, 0.6) is 5.75 Å². The summed E-state index contributed by atoms with van der Waals surface area (Å²) in [5.41, 5.74) is 0. The molecular weight excluding hydrogens is 254 g/mol. The Bertz CT molecular complexity index is 312. The largest absolute Gasteiger partial charge is 0.489 e. The van der Waals surface area contributed by atoms with Gasteiger partial charge in [-0.25, -0.2) is 0 Å². The fourth-order valence-corrected chi connectivity index (χ4v) is 2.35. The SMILES string of the molecule is CNC1CCCC1Oc1ccc(Br)cc1. The molecule has 1 N–H and O–H groups in total. The third kappa shape index (κ3) is 2.73. The van der Waals surface area contributed by atoms with E-state index in [4.69, 9.17) is 4.74 Å². The van der Waals surface area contributed by atoms with Gasteiger partial charge in [0.25, 0.3) is 0 Å². The van der Waals surface area contributed by atoms with Crippen molar-refractivity contribution in [3.8, 4) is 5.75 Å². The van der Waals surface area contributed by atoms with Gasteiger partial charge in [-0.2, -0.15) is 0 Å². The third-order valence-electron chi connectivity index (χ3n) is 2.92. The first-order valence-corrected chi connectivity index (χ1v) is 6.18. The molecule has 3 heteroatoms. The van der Waals surface area contributed by atoms with Crippen molar-refractivity contribution in [2.24, 2.45) is 0 Å². The molecule has 0 aromatic heterocycles. The van der Waals surface area contributed by atoms with Gasteiger partial charge in [0.15, 0.2) is 0 Å². The number of ether oxygens (including phenoxy) is 1. The van der Waals surface area contributed by atoms with Crippen LogP contribution >= 0.6 is 15.9 Å². The minimum Gasteiger partial charge on any atom is -0.489 e. The molecule has 0 amide bonds. The highest BCUT2D eigenvalue weighted by Gasteiger charge is 2.27. The van der Waals surface area contributed by atoms with Gasteiger partial charge in [0.05, 0.1) is 0 Å².